The zero-order valence-corrected chi connectivity index (χ0v) is 14.9. The van der Waals surface area contributed by atoms with Crippen molar-refractivity contribution < 1.29 is 14.0 Å². The van der Waals surface area contributed by atoms with Gasteiger partial charge in [-0.05, 0) is 49.3 Å². The molecule has 136 valence electrons. The topological polar surface area (TPSA) is 40.6 Å². The van der Waals surface area contributed by atoms with E-state index in [4.69, 9.17) is 0 Å². The maximum Gasteiger partial charge on any atom is 0.222 e. The Balaban J connectivity index is 1.52. The average Bonchev–Trinajstić information content (AvgIpc) is 3.01. The van der Waals surface area contributed by atoms with Crippen LogP contribution in [0.25, 0.3) is 0 Å². The van der Waals surface area contributed by atoms with Gasteiger partial charge < -0.3 is 9.80 Å². The van der Waals surface area contributed by atoms with Gasteiger partial charge in [-0.2, -0.15) is 0 Å². The van der Waals surface area contributed by atoms with Crippen molar-refractivity contribution >= 4 is 11.8 Å². The quantitative estimate of drug-likeness (QED) is 0.822. The Morgan fingerprint density at radius 1 is 1.32 bits per heavy atom. The number of benzene rings is 1. The summed E-state index contributed by atoms with van der Waals surface area (Å²) in [6, 6.07) is 6.77. The molecule has 0 radical (unpaired) electrons. The van der Waals surface area contributed by atoms with Crippen LogP contribution in [0.3, 0.4) is 0 Å². The fourth-order valence-corrected chi connectivity index (χ4v) is 4.06. The molecule has 1 aromatic carbocycles. The number of halogens is 1. The second-order valence-electron chi connectivity index (χ2n) is 7.47. The van der Waals surface area contributed by atoms with Crippen LogP contribution in [0.5, 0.6) is 0 Å². The average molecular weight is 346 g/mol. The Hall–Kier alpha value is -1.91. The largest absolute Gasteiger partial charge is 0.341 e. The third kappa shape index (κ3) is 4.59. The lowest BCUT2D eigenvalue weighted by Gasteiger charge is -2.38. The Morgan fingerprint density at radius 3 is 2.88 bits per heavy atom. The monoisotopic (exact) mass is 346 g/mol. The van der Waals surface area contributed by atoms with Gasteiger partial charge >= 0.3 is 0 Å². The van der Waals surface area contributed by atoms with Crippen LogP contribution in [0.1, 0.15) is 44.6 Å². The van der Waals surface area contributed by atoms with Crippen LogP contribution < -0.4 is 0 Å². The molecular weight excluding hydrogens is 319 g/mol. The third-order valence-electron chi connectivity index (χ3n) is 5.30. The lowest BCUT2D eigenvalue weighted by molar-refractivity contribution is -0.138. The van der Waals surface area contributed by atoms with Crippen LogP contribution in [0, 0.1) is 11.7 Å². The number of carbonyl (C=O) groups excluding carboxylic acids is 2. The normalized spacial score (nSPS) is 22.3. The van der Waals surface area contributed by atoms with Crippen molar-refractivity contribution in [2.24, 2.45) is 5.92 Å². The van der Waals surface area contributed by atoms with E-state index in [2.05, 4.69) is 0 Å². The Kier molecular flexibility index (Phi) is 5.71. The van der Waals surface area contributed by atoms with Gasteiger partial charge in [-0.1, -0.05) is 19.1 Å². The first-order chi connectivity index (χ1) is 12.0. The summed E-state index contributed by atoms with van der Waals surface area (Å²) in [5.41, 5.74) is 0.930. The van der Waals surface area contributed by atoms with E-state index in [0.29, 0.717) is 25.8 Å². The molecule has 3 rings (SSSR count). The number of amides is 2. The van der Waals surface area contributed by atoms with E-state index in [9.17, 15) is 14.0 Å². The summed E-state index contributed by atoms with van der Waals surface area (Å²) in [6.07, 6.45) is 4.71. The molecule has 0 aromatic heterocycles. The van der Waals surface area contributed by atoms with Gasteiger partial charge in [0.05, 0.1) is 0 Å². The van der Waals surface area contributed by atoms with Crippen molar-refractivity contribution in [1.82, 2.24) is 9.80 Å². The zero-order chi connectivity index (χ0) is 17.8. The fraction of sp³-hybridized carbons (Fsp3) is 0.600. The highest BCUT2D eigenvalue weighted by molar-refractivity contribution is 5.79. The van der Waals surface area contributed by atoms with E-state index >= 15 is 0 Å². The SMILES string of the molecule is C[C@H](CC(=O)N1CCC[C@H](N2CCCC2=O)C1)Cc1cccc(F)c1. The Morgan fingerprint density at radius 2 is 2.16 bits per heavy atom. The van der Waals surface area contributed by atoms with Gasteiger partial charge in [-0.15, -0.1) is 0 Å². The summed E-state index contributed by atoms with van der Waals surface area (Å²) < 4.78 is 13.3. The van der Waals surface area contributed by atoms with Crippen LogP contribution in [0.2, 0.25) is 0 Å². The molecule has 2 saturated heterocycles. The maximum absolute atomic E-state index is 13.3. The van der Waals surface area contributed by atoms with E-state index < -0.39 is 0 Å². The van der Waals surface area contributed by atoms with Crippen molar-refractivity contribution in [3.63, 3.8) is 0 Å². The number of likely N-dealkylation sites (tertiary alicyclic amines) is 2. The number of hydrogen-bond donors (Lipinski definition) is 0. The van der Waals surface area contributed by atoms with E-state index in [-0.39, 0.29) is 29.6 Å². The summed E-state index contributed by atoms with van der Waals surface area (Å²) in [6.45, 7) is 4.32. The molecule has 2 heterocycles. The molecule has 4 nitrogen and oxygen atoms in total. The minimum Gasteiger partial charge on any atom is -0.341 e. The lowest BCUT2D eigenvalue weighted by Crippen LogP contribution is -2.50. The van der Waals surface area contributed by atoms with Gasteiger partial charge in [0.25, 0.3) is 0 Å². The molecule has 2 aliphatic rings. The van der Waals surface area contributed by atoms with Crippen LogP contribution >= 0.6 is 0 Å². The van der Waals surface area contributed by atoms with E-state index in [1.54, 1.807) is 6.07 Å². The lowest BCUT2D eigenvalue weighted by atomic mass is 9.96. The molecule has 0 spiro atoms. The number of hydrogen-bond acceptors (Lipinski definition) is 2. The highest BCUT2D eigenvalue weighted by atomic mass is 19.1. The highest BCUT2D eigenvalue weighted by Crippen LogP contribution is 2.23. The maximum atomic E-state index is 13.3. The van der Waals surface area contributed by atoms with Crippen molar-refractivity contribution in [2.45, 2.75) is 51.5 Å². The van der Waals surface area contributed by atoms with Crippen molar-refractivity contribution in [1.29, 1.82) is 0 Å². The van der Waals surface area contributed by atoms with Gasteiger partial charge in [0.2, 0.25) is 11.8 Å². The number of carbonyl (C=O) groups is 2. The van der Waals surface area contributed by atoms with Crippen LogP contribution in [-0.4, -0.2) is 47.3 Å². The second-order valence-corrected chi connectivity index (χ2v) is 7.47. The van der Waals surface area contributed by atoms with E-state index in [0.717, 1.165) is 37.9 Å². The molecule has 1 aromatic rings. The third-order valence-corrected chi connectivity index (χ3v) is 5.30. The molecule has 0 unspecified atom stereocenters. The van der Waals surface area contributed by atoms with Crippen LogP contribution in [-0.2, 0) is 16.0 Å². The molecule has 25 heavy (non-hydrogen) atoms. The van der Waals surface area contributed by atoms with Gasteiger partial charge in [-0.3, -0.25) is 9.59 Å². The summed E-state index contributed by atoms with van der Waals surface area (Å²) >= 11 is 0. The molecule has 0 saturated carbocycles. The van der Waals surface area contributed by atoms with Gasteiger partial charge in [0.15, 0.2) is 0 Å². The standard InChI is InChI=1S/C20H27FN2O2/c1-15(11-16-5-2-6-17(21)13-16)12-20(25)22-9-3-7-18(14-22)23-10-4-8-19(23)24/h2,5-6,13,15,18H,3-4,7-12,14H2,1H3/t15-,18-/m0/s1. The first kappa shape index (κ1) is 17.9. The van der Waals surface area contributed by atoms with Gasteiger partial charge in [-0.25, -0.2) is 4.39 Å². The van der Waals surface area contributed by atoms with E-state index in [1.165, 1.54) is 12.1 Å². The Bertz CT molecular complexity index is 634. The Labute approximate surface area is 149 Å². The van der Waals surface area contributed by atoms with Crippen LogP contribution in [0.15, 0.2) is 24.3 Å². The van der Waals surface area contributed by atoms with Crippen LogP contribution in [0.4, 0.5) is 4.39 Å². The predicted octanol–water partition coefficient (Wildman–Crippen LogP) is 3.01. The molecular formula is C20H27FN2O2. The van der Waals surface area contributed by atoms with Crippen molar-refractivity contribution in [3.8, 4) is 0 Å². The summed E-state index contributed by atoms with van der Waals surface area (Å²) in [7, 11) is 0. The van der Waals surface area contributed by atoms with Crippen molar-refractivity contribution in [3.05, 3.63) is 35.6 Å². The van der Waals surface area contributed by atoms with E-state index in [1.807, 2.05) is 22.8 Å². The number of nitrogens with zero attached hydrogens (tertiary/aromatic N) is 2. The molecule has 0 aliphatic carbocycles. The molecule has 2 atom stereocenters. The molecule has 2 amide bonds. The number of rotatable bonds is 5. The second kappa shape index (κ2) is 7.98. The van der Waals surface area contributed by atoms with Gasteiger partial charge in [0, 0.05) is 38.5 Å². The first-order valence-electron chi connectivity index (χ1n) is 9.34. The smallest absolute Gasteiger partial charge is 0.222 e. The first-order valence-corrected chi connectivity index (χ1v) is 9.34. The molecule has 0 bridgehead atoms. The van der Waals surface area contributed by atoms with Gasteiger partial charge in [0.1, 0.15) is 5.82 Å². The summed E-state index contributed by atoms with van der Waals surface area (Å²) in [4.78, 5) is 28.5. The summed E-state index contributed by atoms with van der Waals surface area (Å²) in [5.74, 6) is 0.326. The predicted molar refractivity (Wildman–Crippen MR) is 94.4 cm³/mol. The molecule has 2 aliphatic heterocycles. The number of piperidine rings is 1. The highest BCUT2D eigenvalue weighted by Gasteiger charge is 2.32. The molecule has 2 fully saturated rings. The summed E-state index contributed by atoms with van der Waals surface area (Å²) in [5, 5.41) is 0. The minimum absolute atomic E-state index is 0.153. The minimum atomic E-state index is -0.231. The zero-order valence-electron chi connectivity index (χ0n) is 14.9. The fourth-order valence-electron chi connectivity index (χ4n) is 4.06. The molecule has 5 heteroatoms. The molecule has 0 N–H and O–H groups in total. The van der Waals surface area contributed by atoms with Crippen molar-refractivity contribution in [2.75, 3.05) is 19.6 Å².